The maximum Gasteiger partial charge on any atom is 0.338 e. The predicted molar refractivity (Wildman–Crippen MR) is 68.2 cm³/mol. The summed E-state index contributed by atoms with van der Waals surface area (Å²) in [6.45, 7) is 4.74. The number of nitrogens with one attached hydrogen (secondary N) is 1. The van der Waals surface area contributed by atoms with E-state index >= 15 is 0 Å². The number of hydrogen-bond donors (Lipinski definition) is 1. The van der Waals surface area contributed by atoms with Gasteiger partial charge in [-0.3, -0.25) is 0 Å². The Morgan fingerprint density at radius 1 is 1.35 bits per heavy atom. The molecule has 17 heavy (non-hydrogen) atoms. The van der Waals surface area contributed by atoms with Crippen LogP contribution in [0.3, 0.4) is 0 Å². The summed E-state index contributed by atoms with van der Waals surface area (Å²) >= 11 is 0. The van der Waals surface area contributed by atoms with Crippen molar-refractivity contribution in [2.24, 2.45) is 5.92 Å². The lowest BCUT2D eigenvalue weighted by atomic mass is 10.2. The summed E-state index contributed by atoms with van der Waals surface area (Å²) in [5.41, 5.74) is 1.67. The molecule has 0 radical (unpaired) electrons. The van der Waals surface area contributed by atoms with Crippen LogP contribution in [-0.2, 0) is 4.74 Å². The third-order valence-corrected chi connectivity index (χ3v) is 2.76. The summed E-state index contributed by atoms with van der Waals surface area (Å²) in [6.07, 6.45) is 2.60. The zero-order valence-electron chi connectivity index (χ0n) is 10.4. The zero-order valence-corrected chi connectivity index (χ0v) is 10.4. The Labute approximate surface area is 102 Å². The van der Waals surface area contributed by atoms with E-state index in [2.05, 4.69) is 5.32 Å². The van der Waals surface area contributed by atoms with Crippen LogP contribution in [0, 0.1) is 5.92 Å². The van der Waals surface area contributed by atoms with Crippen LogP contribution >= 0.6 is 0 Å². The van der Waals surface area contributed by atoms with Crippen LogP contribution in [-0.4, -0.2) is 18.6 Å². The molecule has 0 aliphatic heterocycles. The van der Waals surface area contributed by atoms with Gasteiger partial charge in [0.25, 0.3) is 0 Å². The van der Waals surface area contributed by atoms with Crippen LogP contribution in [0.15, 0.2) is 24.3 Å². The molecule has 0 heterocycles. The number of carbonyl (C=O) groups excluding carboxylic acids is 1. The molecule has 1 saturated carbocycles. The molecule has 1 aromatic carbocycles. The Morgan fingerprint density at radius 3 is 2.53 bits per heavy atom. The van der Waals surface area contributed by atoms with E-state index < -0.39 is 0 Å². The van der Waals surface area contributed by atoms with Gasteiger partial charge < -0.3 is 10.1 Å². The molecule has 3 heteroatoms. The highest BCUT2D eigenvalue weighted by molar-refractivity contribution is 5.89. The summed E-state index contributed by atoms with van der Waals surface area (Å²) < 4.78 is 5.12. The highest BCUT2D eigenvalue weighted by Gasteiger charge is 2.20. The molecule has 0 atom stereocenters. The van der Waals surface area contributed by atoms with Gasteiger partial charge in [0, 0.05) is 12.2 Å². The highest BCUT2D eigenvalue weighted by Crippen LogP contribution is 2.28. The molecule has 2 rings (SSSR count). The fraction of sp³-hybridized carbons (Fsp3) is 0.500. The molecule has 0 saturated heterocycles. The lowest BCUT2D eigenvalue weighted by Gasteiger charge is -2.09. The normalized spacial score (nSPS) is 14.8. The third-order valence-electron chi connectivity index (χ3n) is 2.76. The van der Waals surface area contributed by atoms with Crippen molar-refractivity contribution in [3.8, 4) is 0 Å². The Kier molecular flexibility index (Phi) is 3.67. The van der Waals surface area contributed by atoms with Gasteiger partial charge in [-0.25, -0.2) is 4.79 Å². The SMILES string of the molecule is CC(C)OC(=O)c1ccc(NCC2CC2)cc1. The van der Waals surface area contributed by atoms with Crippen molar-refractivity contribution in [2.75, 3.05) is 11.9 Å². The van der Waals surface area contributed by atoms with Crippen molar-refractivity contribution in [1.29, 1.82) is 0 Å². The van der Waals surface area contributed by atoms with Crippen LogP contribution in [0.4, 0.5) is 5.69 Å². The lowest BCUT2D eigenvalue weighted by Crippen LogP contribution is -2.11. The summed E-state index contributed by atoms with van der Waals surface area (Å²) in [4.78, 5) is 11.6. The van der Waals surface area contributed by atoms with Gasteiger partial charge in [-0.15, -0.1) is 0 Å². The second kappa shape index (κ2) is 5.21. The molecular weight excluding hydrogens is 214 g/mol. The van der Waals surface area contributed by atoms with Gasteiger partial charge in [0.1, 0.15) is 0 Å². The van der Waals surface area contributed by atoms with Crippen LogP contribution < -0.4 is 5.32 Å². The average molecular weight is 233 g/mol. The monoisotopic (exact) mass is 233 g/mol. The minimum absolute atomic E-state index is 0.0739. The van der Waals surface area contributed by atoms with E-state index in [0.717, 1.165) is 18.2 Å². The first-order chi connectivity index (χ1) is 8.15. The van der Waals surface area contributed by atoms with E-state index in [1.807, 2.05) is 26.0 Å². The molecule has 1 N–H and O–H groups in total. The Bertz CT molecular complexity index is 380. The maximum atomic E-state index is 11.6. The van der Waals surface area contributed by atoms with Crippen molar-refractivity contribution < 1.29 is 9.53 Å². The number of carbonyl (C=O) groups is 1. The average Bonchev–Trinajstić information content (AvgIpc) is 3.10. The van der Waals surface area contributed by atoms with Crippen molar-refractivity contribution in [1.82, 2.24) is 0 Å². The minimum atomic E-state index is -0.256. The van der Waals surface area contributed by atoms with Crippen LogP contribution in [0.1, 0.15) is 37.0 Å². The summed E-state index contributed by atoms with van der Waals surface area (Å²) in [5.74, 6) is 0.592. The first-order valence-corrected chi connectivity index (χ1v) is 6.20. The summed E-state index contributed by atoms with van der Waals surface area (Å²) in [5, 5.41) is 3.36. The summed E-state index contributed by atoms with van der Waals surface area (Å²) in [6, 6.07) is 7.47. The van der Waals surface area contributed by atoms with E-state index in [9.17, 15) is 4.79 Å². The third kappa shape index (κ3) is 3.77. The number of benzene rings is 1. The zero-order chi connectivity index (χ0) is 12.3. The van der Waals surface area contributed by atoms with Crippen LogP contribution in [0.2, 0.25) is 0 Å². The number of ether oxygens (including phenoxy) is 1. The van der Waals surface area contributed by atoms with Crippen LogP contribution in [0.5, 0.6) is 0 Å². The molecule has 1 aliphatic carbocycles. The smallest absolute Gasteiger partial charge is 0.338 e. The highest BCUT2D eigenvalue weighted by atomic mass is 16.5. The number of esters is 1. The standard InChI is InChI=1S/C14H19NO2/c1-10(2)17-14(16)12-5-7-13(8-6-12)15-9-11-3-4-11/h5-8,10-11,15H,3-4,9H2,1-2H3. The van der Waals surface area contributed by atoms with Crippen molar-refractivity contribution in [2.45, 2.75) is 32.8 Å². The Hall–Kier alpha value is -1.51. The van der Waals surface area contributed by atoms with Gasteiger partial charge in [0.15, 0.2) is 0 Å². The van der Waals surface area contributed by atoms with Crippen LogP contribution in [0.25, 0.3) is 0 Å². The minimum Gasteiger partial charge on any atom is -0.459 e. The molecule has 0 aromatic heterocycles. The van der Waals surface area contributed by atoms with E-state index in [1.165, 1.54) is 12.8 Å². The maximum absolute atomic E-state index is 11.6. The molecule has 1 aromatic rings. The topological polar surface area (TPSA) is 38.3 Å². The van der Waals surface area contributed by atoms with Crippen molar-refractivity contribution in [3.05, 3.63) is 29.8 Å². The quantitative estimate of drug-likeness (QED) is 0.794. The molecule has 1 aliphatic rings. The largest absolute Gasteiger partial charge is 0.459 e. The van der Waals surface area contributed by atoms with E-state index in [0.29, 0.717) is 5.56 Å². The summed E-state index contributed by atoms with van der Waals surface area (Å²) in [7, 11) is 0. The molecule has 3 nitrogen and oxygen atoms in total. The number of rotatable bonds is 5. The second-order valence-electron chi connectivity index (χ2n) is 4.86. The van der Waals surface area contributed by atoms with E-state index in [-0.39, 0.29) is 12.1 Å². The molecule has 0 bridgehead atoms. The number of anilines is 1. The molecule has 92 valence electrons. The van der Waals surface area contributed by atoms with Gasteiger partial charge >= 0.3 is 5.97 Å². The van der Waals surface area contributed by atoms with E-state index in [4.69, 9.17) is 4.74 Å². The van der Waals surface area contributed by atoms with Gasteiger partial charge in [0.05, 0.1) is 11.7 Å². The fourth-order valence-electron chi connectivity index (χ4n) is 1.59. The fourth-order valence-corrected chi connectivity index (χ4v) is 1.59. The van der Waals surface area contributed by atoms with Gasteiger partial charge in [-0.2, -0.15) is 0 Å². The van der Waals surface area contributed by atoms with Gasteiger partial charge in [-0.05, 0) is 56.9 Å². The van der Waals surface area contributed by atoms with Crippen molar-refractivity contribution in [3.63, 3.8) is 0 Å². The molecule has 0 amide bonds. The van der Waals surface area contributed by atoms with Gasteiger partial charge in [0.2, 0.25) is 0 Å². The first kappa shape index (κ1) is 12.0. The predicted octanol–water partition coefficient (Wildman–Crippen LogP) is 3.07. The first-order valence-electron chi connectivity index (χ1n) is 6.20. The number of hydrogen-bond acceptors (Lipinski definition) is 3. The Morgan fingerprint density at radius 2 is 2.00 bits per heavy atom. The molecule has 1 fully saturated rings. The lowest BCUT2D eigenvalue weighted by molar-refractivity contribution is 0.0378. The molecule has 0 spiro atoms. The van der Waals surface area contributed by atoms with Gasteiger partial charge in [-0.1, -0.05) is 0 Å². The van der Waals surface area contributed by atoms with Crippen molar-refractivity contribution >= 4 is 11.7 Å². The Balaban J connectivity index is 1.89. The van der Waals surface area contributed by atoms with E-state index in [1.54, 1.807) is 12.1 Å². The molecular formula is C14H19NO2. The molecule has 0 unspecified atom stereocenters. The second-order valence-corrected chi connectivity index (χ2v) is 4.86.